The van der Waals surface area contributed by atoms with E-state index in [1.807, 2.05) is 0 Å². The summed E-state index contributed by atoms with van der Waals surface area (Å²) in [7, 11) is 0. The maximum absolute atomic E-state index is 11.6. The predicted octanol–water partition coefficient (Wildman–Crippen LogP) is -1.06. The SMILES string of the molecule is O=C(CCC(=O)ONc1cc[nH]c(=O)n1)OCCOC(=O)CCC(=O)ONc1cc[nH]c(=O)n1. The summed E-state index contributed by atoms with van der Waals surface area (Å²) < 4.78 is 9.61. The van der Waals surface area contributed by atoms with Crippen LogP contribution in [0, 0.1) is 0 Å². The van der Waals surface area contributed by atoms with E-state index in [0.29, 0.717) is 0 Å². The highest BCUT2D eigenvalue weighted by Gasteiger charge is 2.12. The van der Waals surface area contributed by atoms with Gasteiger partial charge in [-0.15, -0.1) is 0 Å². The van der Waals surface area contributed by atoms with Gasteiger partial charge in [0.1, 0.15) is 13.2 Å². The maximum Gasteiger partial charge on any atom is 0.346 e. The van der Waals surface area contributed by atoms with E-state index in [0.717, 1.165) is 0 Å². The Labute approximate surface area is 189 Å². The second-order valence-electron chi connectivity index (χ2n) is 6.15. The van der Waals surface area contributed by atoms with E-state index in [1.165, 1.54) is 24.5 Å². The fraction of sp³-hybridized carbons (Fsp3) is 0.333. The maximum atomic E-state index is 11.6. The Kier molecular flexibility index (Phi) is 10.2. The fourth-order valence-electron chi connectivity index (χ4n) is 2.04. The van der Waals surface area contributed by atoms with Gasteiger partial charge in [0, 0.05) is 12.4 Å². The van der Waals surface area contributed by atoms with Crippen LogP contribution >= 0.6 is 0 Å². The van der Waals surface area contributed by atoms with E-state index in [9.17, 15) is 28.8 Å². The molecule has 16 heteroatoms. The minimum Gasteiger partial charge on any atom is -0.462 e. The van der Waals surface area contributed by atoms with Crippen LogP contribution in [0.25, 0.3) is 0 Å². The number of H-pyrrole nitrogens is 2. The van der Waals surface area contributed by atoms with E-state index < -0.39 is 35.3 Å². The molecule has 0 aliphatic heterocycles. The Morgan fingerprint density at radius 1 is 0.676 bits per heavy atom. The van der Waals surface area contributed by atoms with E-state index >= 15 is 0 Å². The third-order valence-electron chi connectivity index (χ3n) is 3.55. The van der Waals surface area contributed by atoms with Crippen molar-refractivity contribution < 1.29 is 38.3 Å². The minimum atomic E-state index is -0.790. The van der Waals surface area contributed by atoms with Crippen LogP contribution in [0.2, 0.25) is 0 Å². The molecule has 2 rings (SSSR count). The first kappa shape index (κ1) is 25.5. The first-order valence-corrected chi connectivity index (χ1v) is 9.66. The average molecular weight is 480 g/mol. The molecule has 0 aliphatic rings. The van der Waals surface area contributed by atoms with Gasteiger partial charge in [0.25, 0.3) is 0 Å². The summed E-state index contributed by atoms with van der Waals surface area (Å²) in [4.78, 5) is 89.1. The molecule has 0 saturated carbocycles. The summed E-state index contributed by atoms with van der Waals surface area (Å²) in [5, 5.41) is 0. The van der Waals surface area contributed by atoms with Crippen molar-refractivity contribution in [1.29, 1.82) is 0 Å². The molecule has 0 spiro atoms. The molecule has 182 valence electrons. The summed E-state index contributed by atoms with van der Waals surface area (Å²) in [6.45, 7) is -0.510. The molecule has 0 fully saturated rings. The molecule has 34 heavy (non-hydrogen) atoms. The zero-order valence-electron chi connectivity index (χ0n) is 17.5. The standard InChI is InChI=1S/C18H20N6O10/c25-13(1-3-15(27)33-23-11-5-7-19-17(29)21-11)31-9-10-32-14(26)2-4-16(28)34-24-12-6-8-20-18(30)22-12/h5-8H,1-4,9-10H2,(H2,19,21,23,29)(H2,20,22,24,30). The van der Waals surface area contributed by atoms with Gasteiger partial charge in [0.15, 0.2) is 11.6 Å². The van der Waals surface area contributed by atoms with Crippen molar-refractivity contribution in [2.75, 3.05) is 24.2 Å². The van der Waals surface area contributed by atoms with E-state index in [4.69, 9.17) is 9.47 Å². The number of aromatic amines is 2. The molecule has 0 aliphatic carbocycles. The number of nitrogens with zero attached hydrogens (tertiary/aromatic N) is 2. The van der Waals surface area contributed by atoms with Gasteiger partial charge in [-0.2, -0.15) is 9.97 Å². The van der Waals surface area contributed by atoms with Crippen molar-refractivity contribution in [3.8, 4) is 0 Å². The van der Waals surface area contributed by atoms with Crippen LogP contribution in [0.15, 0.2) is 34.1 Å². The highest BCUT2D eigenvalue weighted by atomic mass is 16.7. The largest absolute Gasteiger partial charge is 0.462 e. The van der Waals surface area contributed by atoms with Crippen molar-refractivity contribution in [1.82, 2.24) is 19.9 Å². The summed E-state index contributed by atoms with van der Waals surface area (Å²) in [5.74, 6) is -3.02. The second-order valence-corrected chi connectivity index (χ2v) is 6.15. The molecule has 16 nitrogen and oxygen atoms in total. The van der Waals surface area contributed by atoms with Crippen molar-refractivity contribution in [2.45, 2.75) is 25.7 Å². The van der Waals surface area contributed by atoms with Crippen LogP contribution in [0.3, 0.4) is 0 Å². The number of anilines is 2. The summed E-state index contributed by atoms with van der Waals surface area (Å²) >= 11 is 0. The number of aromatic nitrogens is 4. The zero-order valence-corrected chi connectivity index (χ0v) is 17.5. The van der Waals surface area contributed by atoms with Gasteiger partial charge < -0.3 is 29.1 Å². The monoisotopic (exact) mass is 480 g/mol. The molecular weight excluding hydrogens is 460 g/mol. The Morgan fingerprint density at radius 2 is 1.06 bits per heavy atom. The lowest BCUT2D eigenvalue weighted by molar-refractivity contribution is -0.154. The molecule has 0 atom stereocenters. The highest BCUT2D eigenvalue weighted by molar-refractivity contribution is 5.78. The minimum absolute atomic E-state index is 0.0100. The lowest BCUT2D eigenvalue weighted by atomic mass is 10.3. The van der Waals surface area contributed by atoms with Crippen LogP contribution in [0.1, 0.15) is 25.7 Å². The molecule has 2 aromatic heterocycles. The summed E-state index contributed by atoms with van der Waals surface area (Å²) in [5.41, 5.74) is 3.06. The number of hydrogen-bond donors (Lipinski definition) is 4. The van der Waals surface area contributed by atoms with Crippen molar-refractivity contribution in [2.24, 2.45) is 0 Å². The smallest absolute Gasteiger partial charge is 0.346 e. The van der Waals surface area contributed by atoms with Crippen molar-refractivity contribution in [3.63, 3.8) is 0 Å². The fourth-order valence-corrected chi connectivity index (χ4v) is 2.04. The molecule has 0 amide bonds. The van der Waals surface area contributed by atoms with Crippen LogP contribution in [0.5, 0.6) is 0 Å². The van der Waals surface area contributed by atoms with E-state index in [2.05, 4.69) is 40.6 Å². The average Bonchev–Trinajstić information content (AvgIpc) is 2.81. The van der Waals surface area contributed by atoms with Crippen LogP contribution in [-0.2, 0) is 38.3 Å². The van der Waals surface area contributed by atoms with Crippen molar-refractivity contribution >= 4 is 35.5 Å². The molecule has 0 radical (unpaired) electrons. The summed E-state index contributed by atoms with van der Waals surface area (Å²) in [6, 6.07) is 2.71. The van der Waals surface area contributed by atoms with Crippen LogP contribution < -0.4 is 22.3 Å². The predicted molar refractivity (Wildman–Crippen MR) is 110 cm³/mol. The topological polar surface area (TPSA) is 221 Å². The normalized spacial score (nSPS) is 10.0. The first-order valence-electron chi connectivity index (χ1n) is 9.66. The number of carbonyl (C=O) groups is 4. The lowest BCUT2D eigenvalue weighted by Crippen LogP contribution is -2.18. The molecular formula is C18H20N6O10. The first-order chi connectivity index (χ1) is 16.3. The molecule has 0 saturated heterocycles. The van der Waals surface area contributed by atoms with Gasteiger partial charge in [-0.25, -0.2) is 30.1 Å². The van der Waals surface area contributed by atoms with Crippen LogP contribution in [0.4, 0.5) is 11.6 Å². The highest BCUT2D eigenvalue weighted by Crippen LogP contribution is 2.02. The molecule has 0 bridgehead atoms. The van der Waals surface area contributed by atoms with Gasteiger partial charge in [-0.3, -0.25) is 9.59 Å². The number of ether oxygens (including phenoxy) is 2. The lowest BCUT2D eigenvalue weighted by Gasteiger charge is -2.07. The zero-order chi connectivity index (χ0) is 24.8. The number of esters is 2. The molecule has 2 heterocycles. The number of hydrogen-bond acceptors (Lipinski definition) is 14. The third-order valence-corrected chi connectivity index (χ3v) is 3.55. The number of rotatable bonds is 13. The molecule has 2 aromatic rings. The molecule has 4 N–H and O–H groups in total. The van der Waals surface area contributed by atoms with Gasteiger partial charge in [-0.05, 0) is 12.1 Å². The quantitative estimate of drug-likeness (QED) is 0.116. The van der Waals surface area contributed by atoms with Crippen molar-refractivity contribution in [3.05, 3.63) is 45.5 Å². The second kappa shape index (κ2) is 13.6. The number of carbonyl (C=O) groups excluding carboxylic acids is 4. The van der Waals surface area contributed by atoms with Gasteiger partial charge in [-0.1, -0.05) is 0 Å². The summed E-state index contributed by atoms with van der Waals surface area (Å²) in [6.07, 6.45) is 1.39. The molecule has 0 aromatic carbocycles. The Balaban J connectivity index is 1.49. The molecule has 0 unspecified atom stereocenters. The van der Waals surface area contributed by atoms with Crippen LogP contribution in [-0.4, -0.2) is 57.0 Å². The Morgan fingerprint density at radius 3 is 1.44 bits per heavy atom. The number of nitrogens with one attached hydrogen (secondary N) is 4. The van der Waals surface area contributed by atoms with Gasteiger partial charge in [0.2, 0.25) is 0 Å². The van der Waals surface area contributed by atoms with Gasteiger partial charge in [0.05, 0.1) is 25.7 Å². The van der Waals surface area contributed by atoms with E-state index in [-0.39, 0.29) is 50.5 Å². The Bertz CT molecular complexity index is 1030. The van der Waals surface area contributed by atoms with E-state index in [1.54, 1.807) is 0 Å². The Hall–Kier alpha value is -4.76. The van der Waals surface area contributed by atoms with Gasteiger partial charge >= 0.3 is 35.3 Å². The third kappa shape index (κ3) is 10.5.